The lowest BCUT2D eigenvalue weighted by molar-refractivity contribution is 0.0648. The van der Waals surface area contributed by atoms with Crippen LogP contribution in [0.1, 0.15) is 16.8 Å². The van der Waals surface area contributed by atoms with Gasteiger partial charge in [0, 0.05) is 12.5 Å². The van der Waals surface area contributed by atoms with Crippen molar-refractivity contribution in [3.8, 4) is 0 Å². The second kappa shape index (κ2) is 6.02. The highest BCUT2D eigenvalue weighted by molar-refractivity contribution is 5.97. The van der Waals surface area contributed by atoms with Crippen LogP contribution in [-0.4, -0.2) is 32.2 Å². The molecular weight excluding hydrogens is 242 g/mol. The Morgan fingerprint density at radius 1 is 1.44 bits per heavy atom. The molecule has 0 aromatic heterocycles. The molecule has 5 heteroatoms. The van der Waals surface area contributed by atoms with Crippen LogP contribution >= 0.6 is 0 Å². The van der Waals surface area contributed by atoms with E-state index in [9.17, 15) is 13.6 Å². The van der Waals surface area contributed by atoms with Crippen LogP contribution in [0.5, 0.6) is 0 Å². The third-order valence-corrected chi connectivity index (χ3v) is 2.84. The van der Waals surface area contributed by atoms with Crippen molar-refractivity contribution in [3.63, 3.8) is 0 Å². The molecule has 1 fully saturated rings. The summed E-state index contributed by atoms with van der Waals surface area (Å²) < 4.78 is 36.6. The maximum Gasteiger partial charge on any atom is 0.191 e. The van der Waals surface area contributed by atoms with Gasteiger partial charge >= 0.3 is 0 Å². The zero-order chi connectivity index (χ0) is 13.0. The van der Waals surface area contributed by atoms with Crippen LogP contribution in [0, 0.1) is 17.6 Å². The first-order chi connectivity index (χ1) is 8.66. The minimum absolute atomic E-state index is 0.239. The van der Waals surface area contributed by atoms with E-state index in [1.807, 2.05) is 0 Å². The molecule has 2 rings (SSSR count). The first kappa shape index (κ1) is 13.1. The molecule has 0 N–H and O–H groups in total. The number of hydrogen-bond donors (Lipinski definition) is 0. The zero-order valence-corrected chi connectivity index (χ0v) is 9.83. The Labute approximate surface area is 104 Å². The molecule has 1 aromatic rings. The predicted molar refractivity (Wildman–Crippen MR) is 60.4 cm³/mol. The first-order valence-electron chi connectivity index (χ1n) is 5.80. The van der Waals surface area contributed by atoms with E-state index < -0.39 is 17.4 Å². The van der Waals surface area contributed by atoms with E-state index in [2.05, 4.69) is 0 Å². The highest BCUT2D eigenvalue weighted by Gasteiger charge is 2.17. The molecule has 1 atom stereocenters. The summed E-state index contributed by atoms with van der Waals surface area (Å²) in [5, 5.41) is 0. The van der Waals surface area contributed by atoms with Gasteiger partial charge < -0.3 is 9.47 Å². The van der Waals surface area contributed by atoms with Gasteiger partial charge in [0.05, 0.1) is 18.8 Å². The third kappa shape index (κ3) is 3.34. The molecule has 98 valence electrons. The van der Waals surface area contributed by atoms with Gasteiger partial charge in [-0.05, 0) is 24.6 Å². The van der Waals surface area contributed by atoms with Crippen LogP contribution in [-0.2, 0) is 9.47 Å². The fraction of sp³-hybridized carbons (Fsp3) is 0.462. The second-order valence-electron chi connectivity index (χ2n) is 4.29. The lowest BCUT2D eigenvalue weighted by atomic mass is 10.1. The fourth-order valence-corrected chi connectivity index (χ4v) is 1.82. The van der Waals surface area contributed by atoms with Gasteiger partial charge in [-0.25, -0.2) is 8.78 Å². The Balaban J connectivity index is 1.85. The molecule has 1 unspecified atom stereocenters. The van der Waals surface area contributed by atoms with E-state index in [0.29, 0.717) is 19.8 Å². The number of halogens is 2. The number of carbonyl (C=O) groups excluding carboxylic acids is 1. The van der Waals surface area contributed by atoms with E-state index in [-0.39, 0.29) is 18.1 Å². The molecular formula is C13H14F2O3. The molecule has 1 heterocycles. The van der Waals surface area contributed by atoms with Gasteiger partial charge in [-0.15, -0.1) is 0 Å². The average molecular weight is 256 g/mol. The monoisotopic (exact) mass is 256 g/mol. The molecule has 0 saturated carbocycles. The fourth-order valence-electron chi connectivity index (χ4n) is 1.82. The summed E-state index contributed by atoms with van der Waals surface area (Å²) in [4.78, 5) is 11.6. The van der Waals surface area contributed by atoms with Gasteiger partial charge in [0.15, 0.2) is 5.78 Å². The van der Waals surface area contributed by atoms with Gasteiger partial charge in [0.1, 0.15) is 18.2 Å². The molecule has 0 radical (unpaired) electrons. The summed E-state index contributed by atoms with van der Waals surface area (Å²) in [6.45, 7) is 1.50. The number of hydrogen-bond acceptors (Lipinski definition) is 3. The van der Waals surface area contributed by atoms with Crippen molar-refractivity contribution in [1.82, 2.24) is 0 Å². The summed E-state index contributed by atoms with van der Waals surface area (Å²) >= 11 is 0. The van der Waals surface area contributed by atoms with Crippen molar-refractivity contribution in [2.24, 2.45) is 5.92 Å². The van der Waals surface area contributed by atoms with E-state index in [1.54, 1.807) is 0 Å². The molecule has 1 aromatic carbocycles. The van der Waals surface area contributed by atoms with Crippen molar-refractivity contribution in [2.75, 3.05) is 26.4 Å². The Bertz CT molecular complexity index is 428. The molecule has 0 aliphatic carbocycles. The van der Waals surface area contributed by atoms with Crippen LogP contribution in [0.2, 0.25) is 0 Å². The minimum atomic E-state index is -0.728. The molecule has 1 aliphatic rings. The molecule has 18 heavy (non-hydrogen) atoms. The van der Waals surface area contributed by atoms with Crippen LogP contribution in [0.15, 0.2) is 18.2 Å². The molecule has 3 nitrogen and oxygen atoms in total. The largest absolute Gasteiger partial charge is 0.381 e. The number of ether oxygens (including phenoxy) is 2. The van der Waals surface area contributed by atoms with Gasteiger partial charge in [0.2, 0.25) is 0 Å². The summed E-state index contributed by atoms with van der Waals surface area (Å²) in [5.74, 6) is -1.63. The Hall–Kier alpha value is -1.33. The quantitative estimate of drug-likeness (QED) is 0.758. The Morgan fingerprint density at radius 2 is 2.28 bits per heavy atom. The summed E-state index contributed by atoms with van der Waals surface area (Å²) in [6.07, 6.45) is 0.905. The van der Waals surface area contributed by atoms with Gasteiger partial charge in [0.25, 0.3) is 0 Å². The van der Waals surface area contributed by atoms with E-state index in [4.69, 9.17) is 9.47 Å². The number of rotatable bonds is 5. The normalized spacial score (nSPS) is 19.1. The van der Waals surface area contributed by atoms with Crippen LogP contribution in [0.4, 0.5) is 8.78 Å². The summed E-state index contributed by atoms with van der Waals surface area (Å²) in [5.41, 5.74) is -0.266. The van der Waals surface area contributed by atoms with E-state index in [0.717, 1.165) is 24.6 Å². The van der Waals surface area contributed by atoms with Crippen LogP contribution < -0.4 is 0 Å². The molecule has 0 spiro atoms. The van der Waals surface area contributed by atoms with Crippen LogP contribution in [0.25, 0.3) is 0 Å². The van der Waals surface area contributed by atoms with Gasteiger partial charge in [-0.3, -0.25) is 4.79 Å². The predicted octanol–water partition coefficient (Wildman–Crippen LogP) is 2.20. The SMILES string of the molecule is O=C(COCC1CCOC1)c1cc(F)ccc1F. The smallest absolute Gasteiger partial charge is 0.191 e. The number of ketones is 1. The third-order valence-electron chi connectivity index (χ3n) is 2.84. The number of carbonyl (C=O) groups is 1. The van der Waals surface area contributed by atoms with E-state index in [1.165, 1.54) is 0 Å². The van der Waals surface area contributed by atoms with Gasteiger partial charge in [-0.2, -0.15) is 0 Å². The Kier molecular flexibility index (Phi) is 4.38. The average Bonchev–Trinajstić information content (AvgIpc) is 2.85. The molecule has 0 bridgehead atoms. The minimum Gasteiger partial charge on any atom is -0.381 e. The van der Waals surface area contributed by atoms with Crippen molar-refractivity contribution >= 4 is 5.78 Å². The second-order valence-corrected chi connectivity index (χ2v) is 4.29. The molecule has 0 amide bonds. The molecule has 1 saturated heterocycles. The lowest BCUT2D eigenvalue weighted by Crippen LogP contribution is -2.16. The van der Waals surface area contributed by atoms with E-state index >= 15 is 0 Å². The highest BCUT2D eigenvalue weighted by atomic mass is 19.1. The number of benzene rings is 1. The topological polar surface area (TPSA) is 35.5 Å². The standard InChI is InChI=1S/C13H14F2O3/c14-10-1-2-12(15)11(5-10)13(16)8-18-7-9-3-4-17-6-9/h1-2,5,9H,3-4,6-8H2. The van der Waals surface area contributed by atoms with Gasteiger partial charge in [-0.1, -0.05) is 0 Å². The van der Waals surface area contributed by atoms with Crippen molar-refractivity contribution in [1.29, 1.82) is 0 Å². The zero-order valence-electron chi connectivity index (χ0n) is 9.83. The summed E-state index contributed by atoms with van der Waals surface area (Å²) in [7, 11) is 0. The maximum absolute atomic E-state index is 13.3. The van der Waals surface area contributed by atoms with Crippen molar-refractivity contribution in [3.05, 3.63) is 35.4 Å². The highest BCUT2D eigenvalue weighted by Crippen LogP contribution is 2.14. The Morgan fingerprint density at radius 3 is 3.00 bits per heavy atom. The molecule has 1 aliphatic heterocycles. The van der Waals surface area contributed by atoms with Crippen molar-refractivity contribution in [2.45, 2.75) is 6.42 Å². The van der Waals surface area contributed by atoms with Crippen molar-refractivity contribution < 1.29 is 23.0 Å². The first-order valence-corrected chi connectivity index (χ1v) is 5.80. The summed E-state index contributed by atoms with van der Waals surface area (Å²) in [6, 6.07) is 2.80. The number of Topliss-reactive ketones (excluding diaryl/α,β-unsaturated/α-hetero) is 1. The lowest BCUT2D eigenvalue weighted by Gasteiger charge is -2.08. The maximum atomic E-state index is 13.3. The van der Waals surface area contributed by atoms with Crippen LogP contribution in [0.3, 0.4) is 0 Å².